The Balaban J connectivity index is 1.82. The number of fused-ring (bicyclic) bond motifs is 1. The van der Waals surface area contributed by atoms with E-state index in [9.17, 15) is 0 Å². The Kier molecular flexibility index (Phi) is 3.54. The lowest BCUT2D eigenvalue weighted by molar-refractivity contribution is 0.273. The third-order valence-electron chi connectivity index (χ3n) is 3.66. The van der Waals surface area contributed by atoms with Crippen molar-refractivity contribution in [2.45, 2.75) is 25.3 Å². The molecule has 1 unspecified atom stereocenters. The number of hydrogen-bond donors (Lipinski definition) is 0. The second-order valence-electron chi connectivity index (χ2n) is 4.81. The zero-order chi connectivity index (χ0) is 12.5. The van der Waals surface area contributed by atoms with Crippen LogP contribution < -0.4 is 4.90 Å². The van der Waals surface area contributed by atoms with E-state index in [1.807, 2.05) is 0 Å². The summed E-state index contributed by atoms with van der Waals surface area (Å²) in [5.74, 6) is 0.605. The summed E-state index contributed by atoms with van der Waals surface area (Å²) in [5, 5.41) is 0.329. The molecular formula is C11H15Cl2N5. The van der Waals surface area contributed by atoms with E-state index in [1.165, 1.54) is 19.4 Å². The van der Waals surface area contributed by atoms with E-state index in [2.05, 4.69) is 24.8 Å². The second-order valence-corrected chi connectivity index (χ2v) is 5.48. The number of nitrogens with zero attached hydrogens (tertiary/aromatic N) is 5. The molecular weight excluding hydrogens is 273 g/mol. The molecule has 5 nitrogen and oxygen atoms in total. The van der Waals surface area contributed by atoms with Crippen molar-refractivity contribution in [3.63, 3.8) is 0 Å². The summed E-state index contributed by atoms with van der Waals surface area (Å²) >= 11 is 11.7. The minimum Gasteiger partial charge on any atom is -0.339 e. The zero-order valence-electron chi connectivity index (χ0n) is 10.0. The highest BCUT2D eigenvalue weighted by atomic mass is 35.5. The van der Waals surface area contributed by atoms with E-state index >= 15 is 0 Å². The first-order chi connectivity index (χ1) is 8.72. The second kappa shape index (κ2) is 5.15. The van der Waals surface area contributed by atoms with E-state index in [0.29, 0.717) is 12.0 Å². The topological polar surface area (TPSA) is 45.2 Å². The predicted octanol–water partition coefficient (Wildman–Crippen LogP) is 1.85. The van der Waals surface area contributed by atoms with Gasteiger partial charge in [-0.2, -0.15) is 15.0 Å². The van der Waals surface area contributed by atoms with Crippen LogP contribution in [0.4, 0.5) is 5.95 Å². The SMILES string of the molecule is Clc1nc(Cl)nc(N2CCCN3CCCC3C2)n1. The highest BCUT2D eigenvalue weighted by molar-refractivity contribution is 6.31. The Labute approximate surface area is 116 Å². The Hall–Kier alpha value is -0.650. The van der Waals surface area contributed by atoms with E-state index in [1.54, 1.807) is 0 Å². The molecule has 3 rings (SSSR count). The van der Waals surface area contributed by atoms with Gasteiger partial charge in [0.1, 0.15) is 0 Å². The van der Waals surface area contributed by atoms with E-state index < -0.39 is 0 Å². The normalized spacial score (nSPS) is 25.0. The Morgan fingerprint density at radius 3 is 2.44 bits per heavy atom. The van der Waals surface area contributed by atoms with Crippen molar-refractivity contribution in [2.24, 2.45) is 0 Å². The molecule has 0 bridgehead atoms. The number of hydrogen-bond acceptors (Lipinski definition) is 5. The summed E-state index contributed by atoms with van der Waals surface area (Å²) in [6, 6.07) is 0.613. The molecule has 2 aliphatic heterocycles. The maximum Gasteiger partial charge on any atom is 0.231 e. The lowest BCUT2D eigenvalue weighted by Crippen LogP contribution is -2.37. The van der Waals surface area contributed by atoms with Gasteiger partial charge in [-0.15, -0.1) is 0 Å². The fourth-order valence-corrected chi connectivity index (χ4v) is 3.20. The average Bonchev–Trinajstić information content (AvgIpc) is 2.65. The molecule has 2 aliphatic rings. The van der Waals surface area contributed by atoms with Gasteiger partial charge in [-0.05, 0) is 49.0 Å². The van der Waals surface area contributed by atoms with Crippen LogP contribution in [-0.2, 0) is 0 Å². The van der Waals surface area contributed by atoms with Gasteiger partial charge in [0.15, 0.2) is 0 Å². The van der Waals surface area contributed by atoms with Crippen molar-refractivity contribution >= 4 is 29.2 Å². The minimum absolute atomic E-state index is 0.164. The summed E-state index contributed by atoms with van der Waals surface area (Å²) in [5.41, 5.74) is 0. The molecule has 18 heavy (non-hydrogen) atoms. The van der Waals surface area contributed by atoms with Crippen molar-refractivity contribution in [1.82, 2.24) is 19.9 Å². The highest BCUT2D eigenvalue weighted by Crippen LogP contribution is 2.24. The van der Waals surface area contributed by atoms with E-state index in [-0.39, 0.29) is 10.6 Å². The van der Waals surface area contributed by atoms with Crippen LogP contribution in [0.2, 0.25) is 10.6 Å². The molecule has 0 spiro atoms. The lowest BCUT2D eigenvalue weighted by Gasteiger charge is -2.25. The van der Waals surface area contributed by atoms with Gasteiger partial charge in [-0.3, -0.25) is 4.90 Å². The van der Waals surface area contributed by atoms with Gasteiger partial charge in [0, 0.05) is 25.7 Å². The molecule has 7 heteroatoms. The number of rotatable bonds is 1. The zero-order valence-corrected chi connectivity index (χ0v) is 11.5. The molecule has 1 aromatic rings. The first-order valence-electron chi connectivity index (χ1n) is 6.28. The van der Waals surface area contributed by atoms with Gasteiger partial charge in [0.2, 0.25) is 16.5 Å². The first-order valence-corrected chi connectivity index (χ1v) is 7.04. The molecule has 0 N–H and O–H groups in total. The Morgan fingerprint density at radius 1 is 0.944 bits per heavy atom. The number of halogens is 2. The monoisotopic (exact) mass is 287 g/mol. The molecule has 2 fully saturated rings. The first kappa shape index (κ1) is 12.4. The Morgan fingerprint density at radius 2 is 1.67 bits per heavy atom. The molecule has 0 saturated carbocycles. The fourth-order valence-electron chi connectivity index (χ4n) is 2.85. The van der Waals surface area contributed by atoms with Crippen molar-refractivity contribution in [1.29, 1.82) is 0 Å². The van der Waals surface area contributed by atoms with Gasteiger partial charge in [0.05, 0.1) is 0 Å². The fraction of sp³-hybridized carbons (Fsp3) is 0.727. The van der Waals surface area contributed by atoms with E-state index in [0.717, 1.165) is 26.1 Å². The third-order valence-corrected chi connectivity index (χ3v) is 3.99. The van der Waals surface area contributed by atoms with Gasteiger partial charge in [-0.1, -0.05) is 0 Å². The summed E-state index contributed by atoms with van der Waals surface area (Å²) in [4.78, 5) is 16.9. The van der Waals surface area contributed by atoms with Crippen molar-refractivity contribution < 1.29 is 0 Å². The van der Waals surface area contributed by atoms with Gasteiger partial charge in [-0.25, -0.2) is 0 Å². The summed E-state index contributed by atoms with van der Waals surface area (Å²) in [7, 11) is 0. The quantitative estimate of drug-likeness (QED) is 0.789. The van der Waals surface area contributed by atoms with Crippen LogP contribution >= 0.6 is 23.2 Å². The third kappa shape index (κ3) is 2.53. The predicted molar refractivity (Wildman–Crippen MR) is 71.3 cm³/mol. The van der Waals surface area contributed by atoms with Gasteiger partial charge in [0.25, 0.3) is 0 Å². The highest BCUT2D eigenvalue weighted by Gasteiger charge is 2.29. The van der Waals surface area contributed by atoms with Crippen molar-refractivity contribution in [3.8, 4) is 0 Å². The molecule has 0 radical (unpaired) electrons. The van der Waals surface area contributed by atoms with E-state index in [4.69, 9.17) is 23.2 Å². The number of anilines is 1. The summed E-state index contributed by atoms with van der Waals surface area (Å²) < 4.78 is 0. The average molecular weight is 288 g/mol. The van der Waals surface area contributed by atoms with Gasteiger partial charge >= 0.3 is 0 Å². The molecule has 0 aliphatic carbocycles. The number of aromatic nitrogens is 3. The Bertz CT molecular complexity index is 421. The largest absolute Gasteiger partial charge is 0.339 e. The van der Waals surface area contributed by atoms with Crippen molar-refractivity contribution in [2.75, 3.05) is 31.1 Å². The lowest BCUT2D eigenvalue weighted by atomic mass is 10.2. The summed E-state index contributed by atoms with van der Waals surface area (Å²) in [6.07, 6.45) is 3.66. The molecule has 3 heterocycles. The molecule has 2 saturated heterocycles. The van der Waals surface area contributed by atoms with Gasteiger partial charge < -0.3 is 4.90 Å². The van der Waals surface area contributed by atoms with Crippen LogP contribution in [0.5, 0.6) is 0 Å². The van der Waals surface area contributed by atoms with Crippen molar-refractivity contribution in [3.05, 3.63) is 10.6 Å². The molecule has 0 aromatic carbocycles. The smallest absolute Gasteiger partial charge is 0.231 e. The summed E-state index contributed by atoms with van der Waals surface area (Å²) in [6.45, 7) is 4.28. The molecule has 1 atom stereocenters. The van der Waals surface area contributed by atoms with Crippen LogP contribution in [0.15, 0.2) is 0 Å². The van der Waals surface area contributed by atoms with Crippen LogP contribution in [-0.4, -0.2) is 52.1 Å². The van der Waals surface area contributed by atoms with Crippen LogP contribution in [0.3, 0.4) is 0 Å². The molecule has 98 valence electrons. The standard InChI is InChI=1S/C11H15Cl2N5/c12-9-14-10(13)16-11(15-9)18-6-2-5-17-4-1-3-8(17)7-18/h8H,1-7H2. The maximum atomic E-state index is 5.84. The molecule has 1 aromatic heterocycles. The maximum absolute atomic E-state index is 5.84. The van der Waals surface area contributed by atoms with Crippen LogP contribution in [0.25, 0.3) is 0 Å². The van der Waals surface area contributed by atoms with Crippen LogP contribution in [0, 0.1) is 0 Å². The minimum atomic E-state index is 0.164. The molecule has 0 amide bonds. The van der Waals surface area contributed by atoms with Crippen LogP contribution in [0.1, 0.15) is 19.3 Å².